The molecular formula is C29H29N5O4S. The molecule has 0 bridgehead atoms. The van der Waals surface area contributed by atoms with Gasteiger partial charge in [0.1, 0.15) is 22.6 Å². The molecule has 2 aromatic carbocycles. The number of esters is 1. The Bertz CT molecular complexity index is 1570. The van der Waals surface area contributed by atoms with Crippen LogP contribution in [0.25, 0.3) is 5.00 Å². The number of carbonyl (C=O) groups excluding carboxylic acids is 2. The molecule has 9 nitrogen and oxygen atoms in total. The number of aliphatic imine (C=N–C) groups is 1. The molecule has 1 aliphatic heterocycles. The first kappa shape index (κ1) is 26.3. The van der Waals surface area contributed by atoms with E-state index in [2.05, 4.69) is 29.4 Å². The fourth-order valence-electron chi connectivity index (χ4n) is 4.61. The second-order valence-electron chi connectivity index (χ2n) is 9.33. The topological polar surface area (TPSA) is 108 Å². The molecule has 1 N–H and O–H groups in total. The van der Waals surface area contributed by atoms with Crippen LogP contribution >= 0.6 is 11.3 Å². The Hall–Kier alpha value is -4.31. The van der Waals surface area contributed by atoms with Gasteiger partial charge >= 0.3 is 5.97 Å². The summed E-state index contributed by atoms with van der Waals surface area (Å²) in [6.45, 7) is 6.06. The fourth-order valence-corrected chi connectivity index (χ4v) is 5.83. The number of hydrogen-bond acceptors (Lipinski definition) is 8. The first-order chi connectivity index (χ1) is 18.8. The summed E-state index contributed by atoms with van der Waals surface area (Å²) < 4.78 is 12.1. The van der Waals surface area contributed by atoms with Crippen LogP contribution in [0.5, 0.6) is 5.75 Å². The van der Waals surface area contributed by atoms with Gasteiger partial charge in [-0.3, -0.25) is 19.1 Å². The Morgan fingerprint density at radius 1 is 1.00 bits per heavy atom. The summed E-state index contributed by atoms with van der Waals surface area (Å²) in [6, 6.07) is 14.5. The average Bonchev–Trinajstić information content (AvgIpc) is 3.41. The highest BCUT2D eigenvalue weighted by Crippen LogP contribution is 2.39. The maximum absolute atomic E-state index is 12.7. The molecular weight excluding hydrogens is 514 g/mol. The molecule has 0 spiro atoms. The number of thiophene rings is 1. The Morgan fingerprint density at radius 2 is 1.72 bits per heavy atom. The van der Waals surface area contributed by atoms with E-state index in [0.717, 1.165) is 44.5 Å². The van der Waals surface area contributed by atoms with Gasteiger partial charge < -0.3 is 14.8 Å². The maximum atomic E-state index is 12.7. The van der Waals surface area contributed by atoms with Crippen molar-refractivity contribution < 1.29 is 19.1 Å². The minimum atomic E-state index is -0.558. The number of benzene rings is 2. The van der Waals surface area contributed by atoms with Crippen molar-refractivity contribution in [3.05, 3.63) is 87.3 Å². The van der Waals surface area contributed by atoms with E-state index in [-0.39, 0.29) is 24.7 Å². The number of nitrogens with zero attached hydrogens (tertiary/aromatic N) is 4. The highest BCUT2D eigenvalue weighted by Gasteiger charge is 2.32. The first-order valence-electron chi connectivity index (χ1n) is 12.5. The summed E-state index contributed by atoms with van der Waals surface area (Å²) in [5.41, 5.74) is 5.32. The molecule has 3 heterocycles. The van der Waals surface area contributed by atoms with Gasteiger partial charge in [-0.05, 0) is 56.2 Å². The third-order valence-electron chi connectivity index (χ3n) is 6.79. The molecule has 0 saturated heterocycles. The number of ether oxygens (including phenoxy) is 2. The smallest absolute Gasteiger partial charge is 0.308 e. The van der Waals surface area contributed by atoms with Crippen molar-refractivity contribution in [2.45, 2.75) is 39.7 Å². The van der Waals surface area contributed by atoms with Gasteiger partial charge in [0.2, 0.25) is 5.91 Å². The molecule has 1 aliphatic rings. The Morgan fingerprint density at radius 3 is 2.38 bits per heavy atom. The largest absolute Gasteiger partial charge is 0.497 e. The van der Waals surface area contributed by atoms with Gasteiger partial charge in [-0.1, -0.05) is 24.3 Å². The molecule has 0 saturated carbocycles. The number of anilines is 1. The Balaban J connectivity index is 1.46. The quantitative estimate of drug-likeness (QED) is 0.332. The number of aromatic nitrogens is 3. The van der Waals surface area contributed by atoms with Gasteiger partial charge in [0.15, 0.2) is 5.82 Å². The molecule has 1 atom stereocenters. The summed E-state index contributed by atoms with van der Waals surface area (Å²) in [6.07, 6.45) is 0.299. The standard InChI is InChI=1S/C29H29N5O4S/c1-16-17(2)39-29-26(16)27(31-23(15-25(36)38-5)28-33-32-18(3)34(28)29)20-8-10-21(11-9-20)30-24(35)14-19-6-12-22(37-4)13-7-19/h6-13,23H,14-15H2,1-5H3,(H,30,35)/t23-/m0/s1. The summed E-state index contributed by atoms with van der Waals surface area (Å²) in [5, 5.41) is 12.6. The van der Waals surface area contributed by atoms with Gasteiger partial charge in [-0.15, -0.1) is 21.5 Å². The molecule has 0 fully saturated rings. The van der Waals surface area contributed by atoms with E-state index >= 15 is 0 Å². The van der Waals surface area contributed by atoms with E-state index in [4.69, 9.17) is 14.5 Å². The monoisotopic (exact) mass is 543 g/mol. The van der Waals surface area contributed by atoms with Crippen molar-refractivity contribution in [1.29, 1.82) is 0 Å². The van der Waals surface area contributed by atoms with E-state index in [1.165, 1.54) is 12.0 Å². The second kappa shape index (κ2) is 10.8. The van der Waals surface area contributed by atoms with Gasteiger partial charge in [0.25, 0.3) is 0 Å². The number of methoxy groups -OCH3 is 2. The van der Waals surface area contributed by atoms with Gasteiger partial charge in [0.05, 0.1) is 32.8 Å². The molecule has 1 amide bonds. The molecule has 200 valence electrons. The number of aryl methyl sites for hydroxylation is 2. The molecule has 39 heavy (non-hydrogen) atoms. The highest BCUT2D eigenvalue weighted by atomic mass is 32.1. The van der Waals surface area contributed by atoms with E-state index in [9.17, 15) is 9.59 Å². The number of rotatable bonds is 7. The number of amides is 1. The lowest BCUT2D eigenvalue weighted by molar-refractivity contribution is -0.141. The zero-order chi connectivity index (χ0) is 27.7. The van der Waals surface area contributed by atoms with Crippen molar-refractivity contribution in [3.8, 4) is 10.8 Å². The third-order valence-corrected chi connectivity index (χ3v) is 7.99. The Kier molecular flexibility index (Phi) is 7.30. The zero-order valence-corrected chi connectivity index (χ0v) is 23.3. The maximum Gasteiger partial charge on any atom is 0.308 e. The van der Waals surface area contributed by atoms with Gasteiger partial charge in [0, 0.05) is 21.7 Å². The molecule has 0 aliphatic carbocycles. The molecule has 0 unspecified atom stereocenters. The van der Waals surface area contributed by atoms with Crippen molar-refractivity contribution in [2.75, 3.05) is 19.5 Å². The molecule has 5 rings (SSSR count). The summed E-state index contributed by atoms with van der Waals surface area (Å²) in [7, 11) is 2.98. The number of nitrogens with one attached hydrogen (secondary N) is 1. The van der Waals surface area contributed by atoms with E-state index in [1.54, 1.807) is 18.4 Å². The van der Waals surface area contributed by atoms with E-state index in [0.29, 0.717) is 11.5 Å². The van der Waals surface area contributed by atoms with Crippen molar-refractivity contribution in [2.24, 2.45) is 4.99 Å². The van der Waals surface area contributed by atoms with Crippen LogP contribution in [0.3, 0.4) is 0 Å². The predicted octanol–water partition coefficient (Wildman–Crippen LogP) is 4.90. The van der Waals surface area contributed by atoms with Crippen molar-refractivity contribution >= 4 is 34.6 Å². The molecule has 0 radical (unpaired) electrons. The highest BCUT2D eigenvalue weighted by molar-refractivity contribution is 7.15. The minimum Gasteiger partial charge on any atom is -0.497 e. The van der Waals surface area contributed by atoms with Crippen LogP contribution in [0.15, 0.2) is 53.5 Å². The summed E-state index contributed by atoms with van der Waals surface area (Å²) in [5.74, 6) is 1.60. The van der Waals surface area contributed by atoms with Crippen LogP contribution in [0.1, 0.15) is 51.2 Å². The van der Waals surface area contributed by atoms with Crippen LogP contribution in [0.4, 0.5) is 5.69 Å². The molecule has 2 aromatic heterocycles. The summed E-state index contributed by atoms with van der Waals surface area (Å²) in [4.78, 5) is 31.2. The predicted molar refractivity (Wildman–Crippen MR) is 150 cm³/mol. The third kappa shape index (κ3) is 5.20. The van der Waals surface area contributed by atoms with Crippen LogP contribution in [0.2, 0.25) is 0 Å². The van der Waals surface area contributed by atoms with E-state index in [1.807, 2.05) is 60.0 Å². The minimum absolute atomic E-state index is 0.0462. The van der Waals surface area contributed by atoms with Gasteiger partial charge in [-0.25, -0.2) is 0 Å². The van der Waals surface area contributed by atoms with Crippen LogP contribution in [0, 0.1) is 20.8 Å². The molecule has 4 aromatic rings. The molecule has 10 heteroatoms. The second-order valence-corrected chi connectivity index (χ2v) is 10.5. The van der Waals surface area contributed by atoms with Crippen LogP contribution < -0.4 is 10.1 Å². The zero-order valence-electron chi connectivity index (χ0n) is 22.4. The summed E-state index contributed by atoms with van der Waals surface area (Å²) >= 11 is 1.65. The SMILES string of the molecule is COC(=O)C[C@@H]1N=C(c2ccc(NC(=O)Cc3ccc(OC)cc3)cc2)c2c(sc(C)c2C)-n2c(C)nnc21. The van der Waals surface area contributed by atoms with Gasteiger partial charge in [-0.2, -0.15) is 0 Å². The lowest BCUT2D eigenvalue weighted by Gasteiger charge is -2.12. The van der Waals surface area contributed by atoms with Crippen molar-refractivity contribution in [3.63, 3.8) is 0 Å². The lowest BCUT2D eigenvalue weighted by atomic mass is 9.99. The first-order valence-corrected chi connectivity index (χ1v) is 13.3. The normalized spacial score (nSPS) is 14.1. The average molecular weight is 544 g/mol. The number of hydrogen-bond donors (Lipinski definition) is 1. The van der Waals surface area contributed by atoms with Crippen LogP contribution in [-0.2, 0) is 20.7 Å². The lowest BCUT2D eigenvalue weighted by Crippen LogP contribution is -2.14. The van der Waals surface area contributed by atoms with Crippen molar-refractivity contribution in [1.82, 2.24) is 14.8 Å². The van der Waals surface area contributed by atoms with E-state index < -0.39 is 6.04 Å². The Labute approximate surface area is 230 Å². The number of fused-ring (bicyclic) bond motifs is 3. The number of carbonyl (C=O) groups is 2. The fraction of sp³-hybridized carbons (Fsp3) is 0.276. The van der Waals surface area contributed by atoms with Crippen LogP contribution in [-0.4, -0.2) is 46.6 Å².